The van der Waals surface area contributed by atoms with Crippen molar-refractivity contribution in [2.45, 2.75) is 13.8 Å². The fourth-order valence-corrected chi connectivity index (χ4v) is 2.18. The lowest BCUT2D eigenvalue weighted by molar-refractivity contribution is 1.40. The summed E-state index contributed by atoms with van der Waals surface area (Å²) in [6, 6.07) is 17.8. The van der Waals surface area contributed by atoms with E-state index in [1.165, 1.54) is 0 Å². The van der Waals surface area contributed by atoms with Gasteiger partial charge in [0.1, 0.15) is 0 Å². The molecule has 2 rings (SSSR count). The normalized spacial score (nSPS) is 9.40. The SMILES string of the molecule is [C-]#[N+]C(C#N)=C(c1cccc(C)c1)c1cccc(C)c1. The van der Waals surface area contributed by atoms with Gasteiger partial charge in [-0.25, -0.2) is 10.1 Å². The van der Waals surface area contributed by atoms with Gasteiger partial charge in [0.05, 0.1) is 12.6 Å². The second-order valence-corrected chi connectivity index (χ2v) is 4.69. The van der Waals surface area contributed by atoms with Gasteiger partial charge in [-0.3, -0.25) is 0 Å². The molecule has 0 fully saturated rings. The molecule has 0 aromatic heterocycles. The molecule has 0 aliphatic rings. The van der Waals surface area contributed by atoms with Crippen LogP contribution in [0.4, 0.5) is 0 Å². The summed E-state index contributed by atoms with van der Waals surface area (Å²) in [5.74, 6) is 0. The molecule has 96 valence electrons. The Hall–Kier alpha value is -2.84. The van der Waals surface area contributed by atoms with Gasteiger partial charge in [-0.05, 0) is 25.0 Å². The second kappa shape index (κ2) is 5.87. The van der Waals surface area contributed by atoms with Crippen molar-refractivity contribution >= 4 is 5.57 Å². The average molecular weight is 258 g/mol. The molecule has 2 aromatic carbocycles. The first kappa shape index (κ1) is 13.6. The molecule has 0 aliphatic heterocycles. The minimum atomic E-state index is 0.126. The van der Waals surface area contributed by atoms with E-state index in [-0.39, 0.29) is 5.70 Å². The van der Waals surface area contributed by atoms with Gasteiger partial charge in [0.15, 0.2) is 0 Å². The number of hydrogen-bond donors (Lipinski definition) is 0. The van der Waals surface area contributed by atoms with Gasteiger partial charge in [0.2, 0.25) is 0 Å². The van der Waals surface area contributed by atoms with Crippen LogP contribution in [0.1, 0.15) is 22.3 Å². The van der Waals surface area contributed by atoms with Crippen molar-refractivity contribution in [3.05, 3.63) is 87.9 Å². The number of allylic oxidation sites excluding steroid dienone is 1. The third kappa shape index (κ3) is 2.76. The summed E-state index contributed by atoms with van der Waals surface area (Å²) < 4.78 is 0. The van der Waals surface area contributed by atoms with E-state index in [2.05, 4.69) is 4.85 Å². The molecule has 0 aliphatic carbocycles. The highest BCUT2D eigenvalue weighted by Crippen LogP contribution is 2.28. The van der Waals surface area contributed by atoms with Crippen molar-refractivity contribution < 1.29 is 0 Å². The largest absolute Gasteiger partial charge is 0.270 e. The Morgan fingerprint density at radius 3 is 1.85 bits per heavy atom. The molecule has 0 amide bonds. The lowest BCUT2D eigenvalue weighted by Crippen LogP contribution is -1.93. The highest BCUT2D eigenvalue weighted by atomic mass is 14.7. The zero-order valence-corrected chi connectivity index (χ0v) is 11.5. The first-order valence-corrected chi connectivity index (χ1v) is 6.31. The summed E-state index contributed by atoms with van der Waals surface area (Å²) in [5.41, 5.74) is 4.85. The highest BCUT2D eigenvalue weighted by Gasteiger charge is 2.12. The van der Waals surface area contributed by atoms with Gasteiger partial charge in [-0.1, -0.05) is 59.7 Å². The van der Waals surface area contributed by atoms with Crippen LogP contribution in [0.2, 0.25) is 0 Å². The van der Waals surface area contributed by atoms with E-state index in [0.717, 1.165) is 22.3 Å². The molecule has 0 heterocycles. The molecule has 2 aromatic rings. The molecule has 0 bridgehead atoms. The van der Waals surface area contributed by atoms with Gasteiger partial charge >= 0.3 is 0 Å². The number of rotatable bonds is 2. The summed E-state index contributed by atoms with van der Waals surface area (Å²) in [5, 5.41) is 9.24. The Morgan fingerprint density at radius 1 is 1.00 bits per heavy atom. The highest BCUT2D eigenvalue weighted by molar-refractivity contribution is 5.85. The predicted molar refractivity (Wildman–Crippen MR) is 80.6 cm³/mol. The summed E-state index contributed by atoms with van der Waals surface area (Å²) >= 11 is 0. The van der Waals surface area contributed by atoms with Crippen molar-refractivity contribution in [3.8, 4) is 6.07 Å². The van der Waals surface area contributed by atoms with Crippen LogP contribution >= 0.6 is 0 Å². The third-order valence-corrected chi connectivity index (χ3v) is 3.07. The molecule has 20 heavy (non-hydrogen) atoms. The van der Waals surface area contributed by atoms with E-state index in [1.54, 1.807) is 0 Å². The Labute approximate surface area is 119 Å². The van der Waals surface area contributed by atoms with Crippen LogP contribution in [0.25, 0.3) is 10.4 Å². The third-order valence-electron chi connectivity index (χ3n) is 3.07. The van der Waals surface area contributed by atoms with E-state index in [1.807, 2.05) is 68.4 Å². The monoisotopic (exact) mass is 258 g/mol. The van der Waals surface area contributed by atoms with Gasteiger partial charge < -0.3 is 0 Å². The zero-order chi connectivity index (χ0) is 14.5. The molecular formula is C18H14N2. The predicted octanol–water partition coefficient (Wildman–Crippen LogP) is 4.51. The fraction of sp³-hybridized carbons (Fsp3) is 0.111. The Morgan fingerprint density at radius 2 is 1.50 bits per heavy atom. The molecule has 2 heteroatoms. The van der Waals surface area contributed by atoms with E-state index in [9.17, 15) is 5.26 Å². The molecule has 0 N–H and O–H groups in total. The van der Waals surface area contributed by atoms with E-state index < -0.39 is 0 Å². The van der Waals surface area contributed by atoms with Crippen LogP contribution in [0.15, 0.2) is 54.2 Å². The number of nitriles is 1. The number of hydrogen-bond acceptors (Lipinski definition) is 1. The molecule has 0 unspecified atom stereocenters. The van der Waals surface area contributed by atoms with Crippen molar-refractivity contribution in [2.24, 2.45) is 0 Å². The minimum Gasteiger partial charge on any atom is -0.226 e. The summed E-state index contributed by atoms with van der Waals surface area (Å²) in [7, 11) is 0. The van der Waals surface area contributed by atoms with Gasteiger partial charge in [0.25, 0.3) is 5.70 Å². The number of benzene rings is 2. The summed E-state index contributed by atoms with van der Waals surface area (Å²) in [4.78, 5) is 3.39. The Bertz CT molecular complexity index is 692. The summed E-state index contributed by atoms with van der Waals surface area (Å²) in [6.45, 7) is 11.2. The topological polar surface area (TPSA) is 28.1 Å². The van der Waals surface area contributed by atoms with E-state index in [0.29, 0.717) is 5.57 Å². The maximum absolute atomic E-state index is 9.24. The van der Waals surface area contributed by atoms with Gasteiger partial charge in [-0.2, -0.15) is 0 Å². The van der Waals surface area contributed by atoms with Crippen LogP contribution in [-0.4, -0.2) is 0 Å². The zero-order valence-electron chi connectivity index (χ0n) is 11.5. The van der Waals surface area contributed by atoms with Crippen LogP contribution in [-0.2, 0) is 0 Å². The fourth-order valence-electron chi connectivity index (χ4n) is 2.18. The van der Waals surface area contributed by atoms with Crippen LogP contribution in [0, 0.1) is 31.8 Å². The minimum absolute atomic E-state index is 0.126. The van der Waals surface area contributed by atoms with Crippen molar-refractivity contribution in [1.82, 2.24) is 0 Å². The molecule has 0 spiro atoms. The number of nitrogens with zero attached hydrogens (tertiary/aromatic N) is 2. The van der Waals surface area contributed by atoms with Crippen LogP contribution < -0.4 is 0 Å². The quantitative estimate of drug-likeness (QED) is 0.575. The average Bonchev–Trinajstić information content (AvgIpc) is 2.44. The lowest BCUT2D eigenvalue weighted by Gasteiger charge is -2.10. The molecule has 0 saturated heterocycles. The molecule has 0 atom stereocenters. The molecule has 0 saturated carbocycles. The van der Waals surface area contributed by atoms with Crippen molar-refractivity contribution in [3.63, 3.8) is 0 Å². The maximum Gasteiger partial charge on any atom is 0.270 e. The number of aryl methyl sites for hydroxylation is 2. The Kier molecular flexibility index (Phi) is 3.99. The van der Waals surface area contributed by atoms with E-state index in [4.69, 9.17) is 6.57 Å². The van der Waals surface area contributed by atoms with Gasteiger partial charge in [0, 0.05) is 5.57 Å². The lowest BCUT2D eigenvalue weighted by atomic mass is 9.94. The smallest absolute Gasteiger partial charge is 0.226 e. The second-order valence-electron chi connectivity index (χ2n) is 4.69. The van der Waals surface area contributed by atoms with E-state index >= 15 is 0 Å². The molecule has 2 nitrogen and oxygen atoms in total. The van der Waals surface area contributed by atoms with Crippen LogP contribution in [0.5, 0.6) is 0 Å². The molecular weight excluding hydrogens is 244 g/mol. The maximum atomic E-state index is 9.24. The standard InChI is InChI=1S/C18H14N2/c1-13-6-4-8-15(10-13)18(17(12-19)20-3)16-9-5-7-14(2)11-16/h4-11H,1-2H3. The summed E-state index contributed by atoms with van der Waals surface area (Å²) in [6.07, 6.45) is 0. The Balaban J connectivity index is 2.74. The molecule has 0 radical (unpaired) electrons. The first-order chi connectivity index (χ1) is 9.65. The van der Waals surface area contributed by atoms with Gasteiger partial charge in [-0.15, -0.1) is 0 Å². The van der Waals surface area contributed by atoms with Crippen LogP contribution in [0.3, 0.4) is 0 Å². The first-order valence-electron chi connectivity index (χ1n) is 6.31. The van der Waals surface area contributed by atoms with Crippen molar-refractivity contribution in [1.29, 1.82) is 5.26 Å². The van der Waals surface area contributed by atoms with Crippen molar-refractivity contribution in [2.75, 3.05) is 0 Å².